The van der Waals surface area contributed by atoms with Crippen LogP contribution >= 0.6 is 11.3 Å². The molecule has 0 saturated heterocycles. The zero-order chi connectivity index (χ0) is 20.2. The molecule has 1 aliphatic carbocycles. The molecular formula is C22H24N2O4S. The number of hydrogen-bond donors (Lipinski definition) is 0. The van der Waals surface area contributed by atoms with Crippen molar-refractivity contribution in [2.45, 2.75) is 52.2 Å². The lowest BCUT2D eigenvalue weighted by Gasteiger charge is -2.11. The van der Waals surface area contributed by atoms with Crippen LogP contribution in [0.15, 0.2) is 35.4 Å². The van der Waals surface area contributed by atoms with Crippen LogP contribution in [-0.4, -0.2) is 22.1 Å². The Morgan fingerprint density at radius 2 is 2.07 bits per heavy atom. The molecule has 1 aliphatic rings. The first-order valence-corrected chi connectivity index (χ1v) is 10.8. The molecule has 1 aromatic carbocycles. The van der Waals surface area contributed by atoms with Gasteiger partial charge in [-0.05, 0) is 44.2 Å². The van der Waals surface area contributed by atoms with Gasteiger partial charge in [0.25, 0.3) is 5.56 Å². The van der Waals surface area contributed by atoms with Crippen molar-refractivity contribution in [1.29, 1.82) is 0 Å². The molecule has 3 aromatic rings. The van der Waals surface area contributed by atoms with Crippen molar-refractivity contribution in [3.8, 4) is 5.75 Å². The minimum Gasteiger partial charge on any atom is -0.493 e. The second-order valence-corrected chi connectivity index (χ2v) is 8.17. The van der Waals surface area contributed by atoms with Gasteiger partial charge in [0, 0.05) is 17.0 Å². The van der Waals surface area contributed by atoms with E-state index in [-0.39, 0.29) is 31.1 Å². The van der Waals surface area contributed by atoms with Crippen LogP contribution in [0.25, 0.3) is 10.2 Å². The molecule has 0 N–H and O–H groups in total. The van der Waals surface area contributed by atoms with Crippen molar-refractivity contribution < 1.29 is 14.3 Å². The summed E-state index contributed by atoms with van der Waals surface area (Å²) in [5, 5.41) is 0.742. The van der Waals surface area contributed by atoms with Crippen molar-refractivity contribution >= 4 is 27.5 Å². The van der Waals surface area contributed by atoms with Gasteiger partial charge in [0.05, 0.1) is 24.7 Å². The smallest absolute Gasteiger partial charge is 0.307 e. The molecule has 0 spiro atoms. The van der Waals surface area contributed by atoms with Crippen LogP contribution in [0.1, 0.15) is 42.2 Å². The lowest BCUT2D eigenvalue weighted by molar-refractivity contribution is -0.145. The van der Waals surface area contributed by atoms with E-state index in [1.807, 2.05) is 31.2 Å². The highest BCUT2D eigenvalue weighted by Gasteiger charge is 2.20. The maximum Gasteiger partial charge on any atom is 0.307 e. The first kappa shape index (κ1) is 19.6. The third-order valence-electron chi connectivity index (χ3n) is 5.16. The monoisotopic (exact) mass is 412 g/mol. The fraction of sp³-hybridized carbons (Fsp3) is 0.409. The molecule has 0 saturated carbocycles. The molecular weight excluding hydrogens is 388 g/mol. The fourth-order valence-electron chi connectivity index (χ4n) is 3.70. The zero-order valence-corrected chi connectivity index (χ0v) is 17.3. The molecule has 29 heavy (non-hydrogen) atoms. The molecule has 0 fully saturated rings. The Kier molecular flexibility index (Phi) is 5.94. The summed E-state index contributed by atoms with van der Waals surface area (Å²) in [6.45, 7) is 2.88. The average Bonchev–Trinajstić information content (AvgIpc) is 3.12. The molecule has 7 heteroatoms. The van der Waals surface area contributed by atoms with E-state index in [9.17, 15) is 9.59 Å². The van der Waals surface area contributed by atoms with Crippen molar-refractivity contribution in [2.24, 2.45) is 0 Å². The highest BCUT2D eigenvalue weighted by atomic mass is 32.1. The number of nitrogens with zero attached hydrogens (tertiary/aromatic N) is 2. The van der Waals surface area contributed by atoms with Crippen LogP contribution in [0.2, 0.25) is 0 Å². The molecule has 0 atom stereocenters. The number of para-hydroxylation sites is 1. The van der Waals surface area contributed by atoms with Crippen molar-refractivity contribution in [3.05, 3.63) is 57.0 Å². The molecule has 0 amide bonds. The Labute approximate surface area is 173 Å². The predicted molar refractivity (Wildman–Crippen MR) is 113 cm³/mol. The molecule has 2 heterocycles. The topological polar surface area (TPSA) is 70.4 Å². The SMILES string of the molecule is CCOc1ccccc1COC(=O)CCn1cnc2sc3c(c2c1=O)CCCC3. The second kappa shape index (κ2) is 8.78. The summed E-state index contributed by atoms with van der Waals surface area (Å²) in [5.74, 6) is 0.367. The number of aromatic nitrogens is 2. The van der Waals surface area contributed by atoms with Crippen LogP contribution in [0.4, 0.5) is 0 Å². The van der Waals surface area contributed by atoms with Crippen LogP contribution in [0.3, 0.4) is 0 Å². The summed E-state index contributed by atoms with van der Waals surface area (Å²) in [6.07, 6.45) is 5.93. The van der Waals surface area contributed by atoms with Gasteiger partial charge in [-0.3, -0.25) is 14.2 Å². The number of carbonyl (C=O) groups excluding carboxylic acids is 1. The first-order valence-electron chi connectivity index (χ1n) is 10.0. The average molecular weight is 413 g/mol. The number of esters is 1. The summed E-state index contributed by atoms with van der Waals surface area (Å²) in [4.78, 5) is 31.7. The van der Waals surface area contributed by atoms with E-state index >= 15 is 0 Å². The first-order chi connectivity index (χ1) is 14.2. The van der Waals surface area contributed by atoms with E-state index in [2.05, 4.69) is 4.98 Å². The zero-order valence-electron chi connectivity index (χ0n) is 16.5. The van der Waals surface area contributed by atoms with Crippen molar-refractivity contribution in [1.82, 2.24) is 9.55 Å². The third kappa shape index (κ3) is 4.19. The van der Waals surface area contributed by atoms with E-state index in [1.54, 1.807) is 17.7 Å². The van der Waals surface area contributed by atoms with Gasteiger partial charge >= 0.3 is 5.97 Å². The quantitative estimate of drug-likeness (QED) is 0.551. The number of benzene rings is 1. The Morgan fingerprint density at radius 1 is 1.24 bits per heavy atom. The normalized spacial score (nSPS) is 13.3. The number of carbonyl (C=O) groups is 1. The Balaban J connectivity index is 1.41. The molecule has 2 aromatic heterocycles. The fourth-order valence-corrected chi connectivity index (χ4v) is 4.92. The van der Waals surface area contributed by atoms with E-state index in [4.69, 9.17) is 9.47 Å². The Bertz CT molecular complexity index is 1090. The third-order valence-corrected chi connectivity index (χ3v) is 6.36. The summed E-state index contributed by atoms with van der Waals surface area (Å²) < 4.78 is 12.5. The van der Waals surface area contributed by atoms with Crippen LogP contribution in [-0.2, 0) is 35.5 Å². The highest BCUT2D eigenvalue weighted by molar-refractivity contribution is 7.18. The minimum atomic E-state index is -0.351. The number of rotatable bonds is 7. The Hall–Kier alpha value is -2.67. The summed E-state index contributed by atoms with van der Waals surface area (Å²) in [7, 11) is 0. The van der Waals surface area contributed by atoms with Gasteiger partial charge in [-0.25, -0.2) is 4.98 Å². The largest absolute Gasteiger partial charge is 0.493 e. The van der Waals surface area contributed by atoms with Gasteiger partial charge in [0.1, 0.15) is 17.2 Å². The molecule has 0 radical (unpaired) electrons. The maximum atomic E-state index is 12.9. The maximum absolute atomic E-state index is 12.9. The molecule has 152 valence electrons. The van der Waals surface area contributed by atoms with Crippen LogP contribution < -0.4 is 10.3 Å². The number of aryl methyl sites for hydroxylation is 3. The van der Waals surface area contributed by atoms with E-state index in [0.717, 1.165) is 40.8 Å². The predicted octanol–water partition coefficient (Wildman–Crippen LogP) is 3.87. The van der Waals surface area contributed by atoms with Crippen LogP contribution in [0, 0.1) is 0 Å². The lowest BCUT2D eigenvalue weighted by Crippen LogP contribution is -2.23. The highest BCUT2D eigenvalue weighted by Crippen LogP contribution is 2.33. The second-order valence-electron chi connectivity index (χ2n) is 7.09. The molecule has 6 nitrogen and oxygen atoms in total. The van der Waals surface area contributed by atoms with Crippen molar-refractivity contribution in [3.63, 3.8) is 0 Å². The minimum absolute atomic E-state index is 0.0520. The van der Waals surface area contributed by atoms with Gasteiger partial charge < -0.3 is 9.47 Å². The van der Waals surface area contributed by atoms with Gasteiger partial charge in [-0.2, -0.15) is 0 Å². The summed E-state index contributed by atoms with van der Waals surface area (Å²) >= 11 is 1.63. The van der Waals surface area contributed by atoms with E-state index < -0.39 is 0 Å². The van der Waals surface area contributed by atoms with Gasteiger partial charge in [0.2, 0.25) is 0 Å². The number of fused-ring (bicyclic) bond motifs is 3. The van der Waals surface area contributed by atoms with E-state index in [1.165, 1.54) is 21.4 Å². The van der Waals surface area contributed by atoms with Gasteiger partial charge in [-0.15, -0.1) is 11.3 Å². The summed E-state index contributed by atoms with van der Waals surface area (Å²) in [6, 6.07) is 7.50. The molecule has 0 unspecified atom stereocenters. The Morgan fingerprint density at radius 3 is 2.93 bits per heavy atom. The van der Waals surface area contributed by atoms with E-state index in [0.29, 0.717) is 6.61 Å². The number of hydrogen-bond acceptors (Lipinski definition) is 6. The van der Waals surface area contributed by atoms with Crippen LogP contribution in [0.5, 0.6) is 5.75 Å². The molecule has 4 rings (SSSR count). The van der Waals surface area contributed by atoms with Crippen molar-refractivity contribution in [2.75, 3.05) is 6.61 Å². The standard InChI is InChI=1S/C22H24N2O4S/c1-2-27-17-9-5-3-7-15(17)13-28-19(25)11-12-24-14-23-21-20(22(24)26)16-8-4-6-10-18(16)29-21/h3,5,7,9,14H,2,4,6,8,10-13H2,1H3. The van der Waals surface area contributed by atoms with Gasteiger partial charge in [-0.1, -0.05) is 18.2 Å². The number of thiophene rings is 1. The molecule has 0 aliphatic heterocycles. The molecule has 0 bridgehead atoms. The number of ether oxygens (including phenoxy) is 2. The lowest BCUT2D eigenvalue weighted by atomic mass is 9.97. The summed E-state index contributed by atoms with van der Waals surface area (Å²) in [5.41, 5.74) is 1.94. The van der Waals surface area contributed by atoms with Gasteiger partial charge in [0.15, 0.2) is 0 Å².